The number of methoxy groups -OCH3 is 1. The largest absolute Gasteiger partial charge is 0.494 e. The summed E-state index contributed by atoms with van der Waals surface area (Å²) in [5.74, 6) is 2.26. The van der Waals surface area contributed by atoms with Crippen LogP contribution in [0.1, 0.15) is 25.8 Å². The second kappa shape index (κ2) is 8.07. The number of amides is 1. The van der Waals surface area contributed by atoms with Gasteiger partial charge in [0.2, 0.25) is 11.1 Å². The van der Waals surface area contributed by atoms with Crippen molar-refractivity contribution in [3.63, 3.8) is 0 Å². The number of aromatic nitrogens is 4. The Balaban J connectivity index is 1.72. The summed E-state index contributed by atoms with van der Waals surface area (Å²) in [7, 11) is 1.62. The van der Waals surface area contributed by atoms with Gasteiger partial charge in [0, 0.05) is 13.1 Å². The minimum Gasteiger partial charge on any atom is -0.494 e. The van der Waals surface area contributed by atoms with Crippen LogP contribution in [0.25, 0.3) is 5.69 Å². The van der Waals surface area contributed by atoms with E-state index in [1.54, 1.807) is 11.8 Å². The van der Waals surface area contributed by atoms with Crippen molar-refractivity contribution in [2.75, 3.05) is 26.0 Å². The van der Waals surface area contributed by atoms with Crippen molar-refractivity contribution in [3.8, 4) is 11.4 Å². The Kier molecular flexibility index (Phi) is 5.80. The third kappa shape index (κ3) is 4.17. The summed E-state index contributed by atoms with van der Waals surface area (Å²) < 4.78 is 7.05. The summed E-state index contributed by atoms with van der Waals surface area (Å²) in [6.07, 6.45) is 1.18. The third-order valence-electron chi connectivity index (χ3n) is 4.55. The molecule has 1 aliphatic heterocycles. The summed E-state index contributed by atoms with van der Waals surface area (Å²) in [6, 6.07) is 5.83. The molecule has 1 amide bonds. The molecule has 1 fully saturated rings. The number of piperidine rings is 1. The first-order chi connectivity index (χ1) is 12.5. The molecule has 0 aliphatic carbocycles. The summed E-state index contributed by atoms with van der Waals surface area (Å²) in [4.78, 5) is 14.6. The minimum absolute atomic E-state index is 0.138. The topological polar surface area (TPSA) is 73.1 Å². The van der Waals surface area contributed by atoms with Crippen LogP contribution >= 0.6 is 11.8 Å². The Morgan fingerprint density at radius 3 is 2.73 bits per heavy atom. The minimum atomic E-state index is 0.138. The Morgan fingerprint density at radius 1 is 1.31 bits per heavy atom. The summed E-state index contributed by atoms with van der Waals surface area (Å²) in [6.45, 7) is 8.07. The Hall–Kier alpha value is -2.09. The highest BCUT2D eigenvalue weighted by Gasteiger charge is 2.26. The maximum atomic E-state index is 12.6. The Labute approximate surface area is 158 Å². The number of carbonyl (C=O) groups is 1. The normalized spacial score (nSPS) is 20.2. The van der Waals surface area contributed by atoms with Crippen LogP contribution in [0, 0.1) is 18.8 Å². The average Bonchev–Trinajstić information content (AvgIpc) is 3.07. The zero-order valence-electron chi connectivity index (χ0n) is 15.7. The highest BCUT2D eigenvalue weighted by atomic mass is 32.2. The van der Waals surface area contributed by atoms with Crippen LogP contribution < -0.4 is 4.74 Å². The van der Waals surface area contributed by atoms with Crippen molar-refractivity contribution in [2.24, 2.45) is 11.8 Å². The summed E-state index contributed by atoms with van der Waals surface area (Å²) in [5.41, 5.74) is 1.85. The number of likely N-dealkylation sites (tertiary alicyclic amines) is 1. The summed E-state index contributed by atoms with van der Waals surface area (Å²) in [5, 5.41) is 12.5. The molecule has 3 rings (SSSR count). The number of hydrogen-bond acceptors (Lipinski definition) is 6. The molecule has 26 heavy (non-hydrogen) atoms. The molecular weight excluding hydrogens is 350 g/mol. The number of nitrogens with zero attached hydrogens (tertiary/aromatic N) is 5. The first-order valence-electron chi connectivity index (χ1n) is 8.82. The van der Waals surface area contributed by atoms with E-state index >= 15 is 0 Å². The van der Waals surface area contributed by atoms with Gasteiger partial charge in [0.1, 0.15) is 11.4 Å². The standard InChI is InChI=1S/C18H25N5O2S/c1-12-5-6-16(25-4)15(8-12)23-18(19-20-21-23)26-11-17(24)22-9-13(2)7-14(3)10-22/h5-6,8,13-14H,7,9-11H2,1-4H3/t13-,14-/m1/s1. The van der Waals surface area contributed by atoms with Gasteiger partial charge in [0.05, 0.1) is 12.9 Å². The molecular formula is C18H25N5O2S. The van der Waals surface area contributed by atoms with E-state index in [4.69, 9.17) is 4.74 Å². The van der Waals surface area contributed by atoms with E-state index in [9.17, 15) is 4.79 Å². The van der Waals surface area contributed by atoms with E-state index in [1.807, 2.05) is 30.0 Å². The van der Waals surface area contributed by atoms with Gasteiger partial charge in [0.15, 0.2) is 0 Å². The van der Waals surface area contributed by atoms with Crippen LogP contribution in [0.15, 0.2) is 23.4 Å². The van der Waals surface area contributed by atoms with E-state index in [2.05, 4.69) is 29.4 Å². The molecule has 1 aromatic carbocycles. The number of ether oxygens (including phenoxy) is 1. The van der Waals surface area contributed by atoms with Crippen LogP contribution in [0.3, 0.4) is 0 Å². The molecule has 140 valence electrons. The molecule has 8 heteroatoms. The first kappa shape index (κ1) is 18.7. The SMILES string of the molecule is COc1ccc(C)cc1-n1nnnc1SCC(=O)N1C[C@H](C)C[C@@H](C)C1. The van der Waals surface area contributed by atoms with Gasteiger partial charge in [-0.05, 0) is 53.3 Å². The lowest BCUT2D eigenvalue weighted by Crippen LogP contribution is -2.43. The smallest absolute Gasteiger partial charge is 0.233 e. The number of carbonyl (C=O) groups excluding carboxylic acids is 1. The van der Waals surface area contributed by atoms with Crippen molar-refractivity contribution in [2.45, 2.75) is 32.3 Å². The number of hydrogen-bond donors (Lipinski definition) is 0. The van der Waals surface area contributed by atoms with E-state index in [1.165, 1.54) is 18.2 Å². The Bertz CT molecular complexity index is 769. The maximum Gasteiger partial charge on any atom is 0.233 e. The second-order valence-corrected chi connectivity index (χ2v) is 8.02. The van der Waals surface area contributed by atoms with E-state index in [-0.39, 0.29) is 5.91 Å². The molecule has 0 spiro atoms. The number of aryl methyl sites for hydroxylation is 1. The molecule has 0 N–H and O–H groups in total. The molecule has 7 nitrogen and oxygen atoms in total. The molecule has 0 saturated carbocycles. The first-order valence-corrected chi connectivity index (χ1v) is 9.80. The van der Waals surface area contributed by atoms with Crippen LogP contribution in [-0.2, 0) is 4.79 Å². The fraction of sp³-hybridized carbons (Fsp3) is 0.556. The predicted molar refractivity (Wildman–Crippen MR) is 101 cm³/mol. The molecule has 2 aromatic rings. The number of benzene rings is 1. The number of thioether (sulfide) groups is 1. The second-order valence-electron chi connectivity index (χ2n) is 7.08. The lowest BCUT2D eigenvalue weighted by molar-refractivity contribution is -0.130. The van der Waals surface area contributed by atoms with Crippen LogP contribution in [-0.4, -0.2) is 57.0 Å². The molecule has 2 heterocycles. The van der Waals surface area contributed by atoms with Crippen LogP contribution in [0.5, 0.6) is 5.75 Å². The Morgan fingerprint density at radius 2 is 2.04 bits per heavy atom. The van der Waals surface area contributed by atoms with Crippen molar-refractivity contribution in [1.29, 1.82) is 0 Å². The molecule has 0 radical (unpaired) electrons. The van der Waals surface area contributed by atoms with Gasteiger partial charge in [0.25, 0.3) is 0 Å². The zero-order chi connectivity index (χ0) is 18.7. The van der Waals surface area contributed by atoms with Gasteiger partial charge in [-0.3, -0.25) is 4.79 Å². The molecule has 0 unspecified atom stereocenters. The van der Waals surface area contributed by atoms with Crippen LogP contribution in [0.4, 0.5) is 0 Å². The highest BCUT2D eigenvalue weighted by Crippen LogP contribution is 2.27. The van der Waals surface area contributed by atoms with Gasteiger partial charge in [-0.25, -0.2) is 0 Å². The van der Waals surface area contributed by atoms with Crippen molar-refractivity contribution in [1.82, 2.24) is 25.1 Å². The molecule has 1 aromatic heterocycles. The van der Waals surface area contributed by atoms with Crippen LogP contribution in [0.2, 0.25) is 0 Å². The van der Waals surface area contributed by atoms with Gasteiger partial charge in [-0.1, -0.05) is 31.7 Å². The maximum absolute atomic E-state index is 12.6. The highest BCUT2D eigenvalue weighted by molar-refractivity contribution is 7.99. The lowest BCUT2D eigenvalue weighted by atomic mass is 9.92. The predicted octanol–water partition coefficient (Wildman–Crippen LogP) is 2.58. The van der Waals surface area contributed by atoms with E-state index < -0.39 is 0 Å². The van der Waals surface area contributed by atoms with Crippen molar-refractivity contribution in [3.05, 3.63) is 23.8 Å². The van der Waals surface area contributed by atoms with Crippen molar-refractivity contribution < 1.29 is 9.53 Å². The van der Waals surface area contributed by atoms with Gasteiger partial charge >= 0.3 is 0 Å². The summed E-state index contributed by atoms with van der Waals surface area (Å²) >= 11 is 1.36. The number of rotatable bonds is 5. The molecule has 1 saturated heterocycles. The fourth-order valence-corrected chi connectivity index (χ4v) is 4.26. The van der Waals surface area contributed by atoms with E-state index in [0.29, 0.717) is 28.5 Å². The quantitative estimate of drug-likeness (QED) is 0.748. The monoisotopic (exact) mass is 375 g/mol. The van der Waals surface area contributed by atoms with Gasteiger partial charge < -0.3 is 9.64 Å². The molecule has 1 aliphatic rings. The lowest BCUT2D eigenvalue weighted by Gasteiger charge is -2.34. The van der Waals surface area contributed by atoms with E-state index in [0.717, 1.165) is 24.3 Å². The third-order valence-corrected chi connectivity index (χ3v) is 5.45. The zero-order valence-corrected chi connectivity index (χ0v) is 16.5. The van der Waals surface area contributed by atoms with Gasteiger partial charge in [-0.2, -0.15) is 4.68 Å². The van der Waals surface area contributed by atoms with Gasteiger partial charge in [-0.15, -0.1) is 5.10 Å². The molecule has 2 atom stereocenters. The average molecular weight is 375 g/mol. The molecule has 0 bridgehead atoms. The fourth-order valence-electron chi connectivity index (χ4n) is 3.47. The van der Waals surface area contributed by atoms with Crippen molar-refractivity contribution >= 4 is 17.7 Å². The number of tetrazole rings is 1.